The molecule has 7 heavy (non-hydrogen) atoms. The van der Waals surface area contributed by atoms with Crippen molar-refractivity contribution in [2.45, 2.75) is 0 Å². The fourth-order valence-electron chi connectivity index (χ4n) is 0. The van der Waals surface area contributed by atoms with Gasteiger partial charge in [0.05, 0.1) is 0 Å². The Morgan fingerprint density at radius 1 is 1.29 bits per heavy atom. The average molecular weight is 277 g/mol. The summed E-state index contributed by atoms with van der Waals surface area (Å²) >= 11 is 0. The minimum Gasteiger partial charge on any atom is -1.00 e. The molecule has 0 aromatic heterocycles. The molecule has 0 aliphatic carbocycles. The van der Waals surface area contributed by atoms with E-state index < -0.39 is 10.4 Å². The van der Waals surface area contributed by atoms with Gasteiger partial charge < -0.3 is 1.43 Å². The molecule has 0 saturated heterocycles. The Balaban J connectivity index is -0.0000000267. The molecule has 2 N–H and O–H groups in total. The molecule has 7 heteroatoms. The van der Waals surface area contributed by atoms with E-state index in [1.165, 1.54) is 0 Å². The van der Waals surface area contributed by atoms with Crippen LogP contribution in [0.15, 0.2) is 0 Å². The normalized spacial score (nSPS) is 8.29. The maximum absolute atomic E-state index is 8.74. The number of rotatable bonds is 0. The van der Waals surface area contributed by atoms with E-state index in [0.29, 0.717) is 0 Å². The summed E-state index contributed by atoms with van der Waals surface area (Å²) in [4.78, 5) is 0. The van der Waals surface area contributed by atoms with Crippen molar-refractivity contribution in [3.63, 3.8) is 0 Å². The van der Waals surface area contributed by atoms with E-state index in [1.54, 1.807) is 0 Å². The maximum atomic E-state index is 8.74. The molecule has 0 aliphatic rings. The molecule has 0 saturated carbocycles. The van der Waals surface area contributed by atoms with Crippen molar-refractivity contribution >= 4 is 10.4 Å². The first-order chi connectivity index (χ1) is 2.00. The van der Waals surface area contributed by atoms with Crippen molar-refractivity contribution in [3.05, 3.63) is 0 Å². The molecule has 0 aromatic rings. The van der Waals surface area contributed by atoms with Crippen LogP contribution in [0.4, 0.5) is 0 Å². The fourth-order valence-corrected chi connectivity index (χ4v) is 0. The zero-order valence-corrected chi connectivity index (χ0v) is 11.3. The fraction of sp³-hybridized carbons (Fsp3) is 0. The Morgan fingerprint density at radius 2 is 1.29 bits per heavy atom. The van der Waals surface area contributed by atoms with Gasteiger partial charge >= 0.3 is 61.8 Å². The molecule has 0 fully saturated rings. The van der Waals surface area contributed by atoms with Crippen molar-refractivity contribution in [1.82, 2.24) is 0 Å². The predicted octanol–water partition coefficient (Wildman–Crippen LogP) is -3.54. The van der Waals surface area contributed by atoms with E-state index in [4.69, 9.17) is 17.5 Å². The van der Waals surface area contributed by atoms with Gasteiger partial charge in [0.15, 0.2) is 0 Å². The second-order valence-corrected chi connectivity index (χ2v) is 1.34. The topological polar surface area (TPSA) is 74.6 Å². The third-order valence-electron chi connectivity index (χ3n) is 0. The van der Waals surface area contributed by atoms with Crippen LogP contribution < -0.4 is 51.4 Å². The Hall–Kier alpha value is 2.70. The van der Waals surface area contributed by atoms with E-state index >= 15 is 0 Å². The molecule has 1 radical (unpaired) electrons. The smallest absolute Gasteiger partial charge is 1.00 e. The van der Waals surface area contributed by atoms with Crippen LogP contribution in [0.5, 0.6) is 0 Å². The molecule has 0 rings (SSSR count). The second-order valence-electron chi connectivity index (χ2n) is 0.448. The molecular weight excluding hydrogens is 274 g/mol. The Kier molecular flexibility index (Phi) is 15.9. The zero-order valence-electron chi connectivity index (χ0n) is 4.70. The summed E-state index contributed by atoms with van der Waals surface area (Å²) < 4.78 is 31.6. The third kappa shape index (κ3) is 53.6. The van der Waals surface area contributed by atoms with Gasteiger partial charge in [-0.05, 0) is 0 Å². The van der Waals surface area contributed by atoms with E-state index in [1.807, 2.05) is 0 Å². The van der Waals surface area contributed by atoms with Crippen LogP contribution in [-0.2, 0) is 10.4 Å². The van der Waals surface area contributed by atoms with Crippen LogP contribution in [0.1, 0.15) is 1.43 Å². The van der Waals surface area contributed by atoms with Crippen LogP contribution in [0.25, 0.3) is 0 Å². The molecule has 0 heterocycles. The van der Waals surface area contributed by atoms with E-state index in [-0.39, 0.29) is 88.4 Å². The number of hydrogen-bond donors (Lipinski definition) is 2. The van der Waals surface area contributed by atoms with Crippen molar-refractivity contribution < 1.29 is 106 Å². The molecule has 0 atom stereocenters. The molecule has 0 aromatic carbocycles. The van der Waals surface area contributed by atoms with Gasteiger partial charge in [-0.2, -0.15) is 8.42 Å². The van der Waals surface area contributed by atoms with Crippen LogP contribution in [-0.4, -0.2) is 17.5 Å². The minimum atomic E-state index is -4.67. The van der Waals surface area contributed by atoms with Crippen molar-refractivity contribution in [1.29, 1.82) is 0 Å². The molecule has 4 nitrogen and oxygen atoms in total. The monoisotopic (exact) mass is 277 g/mol. The predicted molar refractivity (Wildman–Crippen MR) is 15.3 cm³/mol. The molecule has 0 unspecified atom stereocenters. The largest absolute Gasteiger partial charge is 1.00 e. The third-order valence-corrected chi connectivity index (χ3v) is 0. The maximum Gasteiger partial charge on any atom is 1.00 e. The summed E-state index contributed by atoms with van der Waals surface area (Å²) in [5, 5.41) is 0. The molecule has 0 amide bonds. The van der Waals surface area contributed by atoms with Crippen molar-refractivity contribution in [3.8, 4) is 0 Å². The van der Waals surface area contributed by atoms with Crippen molar-refractivity contribution in [2.24, 2.45) is 0 Å². The molecular formula is H3KLaO4S. The first-order valence-corrected chi connectivity index (χ1v) is 2.10. The SMILES string of the molecule is O=S(=O)(O)O.[H-].[K+].[La]. The van der Waals surface area contributed by atoms with E-state index in [0.717, 1.165) is 0 Å². The summed E-state index contributed by atoms with van der Waals surface area (Å²) in [6.07, 6.45) is 0. The number of hydrogen-bond acceptors (Lipinski definition) is 2. The van der Waals surface area contributed by atoms with Crippen LogP contribution in [0, 0.1) is 35.6 Å². The summed E-state index contributed by atoms with van der Waals surface area (Å²) in [6, 6.07) is 0. The van der Waals surface area contributed by atoms with Gasteiger partial charge in [-0.3, -0.25) is 9.11 Å². The van der Waals surface area contributed by atoms with Crippen LogP contribution in [0.2, 0.25) is 0 Å². The Bertz CT molecular complexity index is 99.2. The van der Waals surface area contributed by atoms with Gasteiger partial charge in [0.2, 0.25) is 0 Å². The molecule has 37 valence electrons. The van der Waals surface area contributed by atoms with Gasteiger partial charge in [-0.1, -0.05) is 0 Å². The zero-order chi connectivity index (χ0) is 4.50. The molecule has 0 spiro atoms. The summed E-state index contributed by atoms with van der Waals surface area (Å²) in [5.41, 5.74) is 0. The van der Waals surface area contributed by atoms with Gasteiger partial charge in [0.1, 0.15) is 0 Å². The molecule has 0 aliphatic heterocycles. The standard InChI is InChI=1S/K.La.H2O4S.H/c;;1-5(2,3)4;/h;;(H2,1,2,3,4);/q+1;;;-1. The van der Waals surface area contributed by atoms with Crippen molar-refractivity contribution in [2.75, 3.05) is 0 Å². The molecule has 0 bridgehead atoms. The second kappa shape index (κ2) is 6.82. The summed E-state index contributed by atoms with van der Waals surface area (Å²) in [5.74, 6) is 0. The van der Waals surface area contributed by atoms with Gasteiger partial charge in [-0.25, -0.2) is 0 Å². The first kappa shape index (κ1) is 16.4. The quantitative estimate of drug-likeness (QED) is 0.355. The van der Waals surface area contributed by atoms with Crippen LogP contribution >= 0.6 is 0 Å². The minimum absolute atomic E-state index is 0. The Morgan fingerprint density at radius 3 is 1.29 bits per heavy atom. The van der Waals surface area contributed by atoms with Gasteiger partial charge in [-0.15, -0.1) is 0 Å². The van der Waals surface area contributed by atoms with Gasteiger partial charge in [0.25, 0.3) is 0 Å². The first-order valence-electron chi connectivity index (χ1n) is 0.698. The summed E-state index contributed by atoms with van der Waals surface area (Å²) in [7, 11) is -4.67. The van der Waals surface area contributed by atoms with Crippen LogP contribution in [0.3, 0.4) is 0 Å². The average Bonchev–Trinajstić information content (AvgIpc) is 0.722. The summed E-state index contributed by atoms with van der Waals surface area (Å²) in [6.45, 7) is 0. The van der Waals surface area contributed by atoms with E-state index in [9.17, 15) is 0 Å². The van der Waals surface area contributed by atoms with Gasteiger partial charge in [0, 0.05) is 35.6 Å². The van der Waals surface area contributed by atoms with E-state index in [2.05, 4.69) is 0 Å². The Labute approximate surface area is 114 Å².